The Kier molecular flexibility index (Phi) is 7.86. The van der Waals surface area contributed by atoms with Gasteiger partial charge in [0.25, 0.3) is 11.5 Å². The summed E-state index contributed by atoms with van der Waals surface area (Å²) < 4.78 is 7.14. The van der Waals surface area contributed by atoms with Crippen LogP contribution in [0.1, 0.15) is 46.1 Å². The molecule has 2 rings (SSSR count). The van der Waals surface area contributed by atoms with Gasteiger partial charge in [0.15, 0.2) is 11.8 Å². The number of hydrogen-bond donors (Lipinski definition) is 2. The summed E-state index contributed by atoms with van der Waals surface area (Å²) in [5, 5.41) is 0. The van der Waals surface area contributed by atoms with Crippen molar-refractivity contribution in [1.29, 1.82) is 0 Å². The number of benzene rings is 1. The first-order valence-electron chi connectivity index (χ1n) is 10.3. The van der Waals surface area contributed by atoms with Gasteiger partial charge in [0.05, 0.1) is 0 Å². The van der Waals surface area contributed by atoms with Crippen molar-refractivity contribution in [1.82, 2.24) is 9.55 Å². The molecule has 0 aliphatic rings. The van der Waals surface area contributed by atoms with Gasteiger partial charge in [-0.1, -0.05) is 39.3 Å². The number of aromatic amines is 1. The molecule has 0 saturated carbocycles. The second-order valence-corrected chi connectivity index (χ2v) is 7.92. The van der Waals surface area contributed by atoms with E-state index in [0.717, 1.165) is 18.4 Å². The van der Waals surface area contributed by atoms with Gasteiger partial charge in [0.2, 0.25) is 0 Å². The molecule has 1 atom stereocenters. The molecule has 1 heterocycles. The molecule has 2 aromatic rings. The molecule has 0 bridgehead atoms. The summed E-state index contributed by atoms with van der Waals surface area (Å²) in [5.41, 5.74) is 5.97. The summed E-state index contributed by atoms with van der Waals surface area (Å²) in [7, 11) is 0. The molecule has 164 valence electrons. The van der Waals surface area contributed by atoms with Crippen LogP contribution in [0.4, 0.5) is 11.5 Å². The summed E-state index contributed by atoms with van der Waals surface area (Å²) in [6.45, 7) is 10.1. The molecule has 3 N–H and O–H groups in total. The zero-order valence-electron chi connectivity index (χ0n) is 18.4. The largest absolute Gasteiger partial charge is 0.481 e. The molecule has 0 radical (unpaired) electrons. The number of nitrogen functional groups attached to an aromatic ring is 1. The standard InChI is InChI=1S/C22H32N4O4/c1-6-7-11-25-19(23)18(20(27)24-22(25)29)26(13-14(2)3)21(28)16(5)30-17-10-8-9-15(4)12-17/h8-10,12,14,16H,6-7,11,13,23H2,1-5H3,(H,24,27,29). The third kappa shape index (κ3) is 5.52. The molecule has 1 aromatic carbocycles. The molecule has 0 aliphatic heterocycles. The van der Waals surface area contributed by atoms with Crippen molar-refractivity contribution in [2.45, 2.75) is 60.1 Å². The predicted molar refractivity (Wildman–Crippen MR) is 119 cm³/mol. The number of carbonyl (C=O) groups is 1. The van der Waals surface area contributed by atoms with E-state index < -0.39 is 23.3 Å². The molecule has 1 unspecified atom stereocenters. The third-order valence-electron chi connectivity index (χ3n) is 4.68. The Balaban J connectivity index is 2.45. The van der Waals surface area contributed by atoms with E-state index in [1.165, 1.54) is 9.47 Å². The SMILES string of the molecule is CCCCn1c(N)c(N(CC(C)C)C(=O)C(C)Oc2cccc(C)c2)c(=O)[nH]c1=O. The van der Waals surface area contributed by atoms with Crippen molar-refractivity contribution < 1.29 is 9.53 Å². The Labute approximate surface area is 176 Å². The van der Waals surface area contributed by atoms with E-state index in [-0.39, 0.29) is 24.0 Å². The molecular weight excluding hydrogens is 384 g/mol. The van der Waals surface area contributed by atoms with E-state index in [1.807, 2.05) is 45.9 Å². The second-order valence-electron chi connectivity index (χ2n) is 7.92. The number of hydrogen-bond acceptors (Lipinski definition) is 5. The molecular formula is C22H32N4O4. The van der Waals surface area contributed by atoms with Gasteiger partial charge in [-0.2, -0.15) is 0 Å². The molecule has 0 spiro atoms. The smallest absolute Gasteiger partial charge is 0.330 e. The maximum atomic E-state index is 13.3. The molecule has 8 nitrogen and oxygen atoms in total. The molecule has 1 aromatic heterocycles. The normalized spacial score (nSPS) is 12.1. The van der Waals surface area contributed by atoms with Crippen LogP contribution in [0, 0.1) is 12.8 Å². The average Bonchev–Trinajstić information content (AvgIpc) is 2.66. The topological polar surface area (TPSA) is 110 Å². The Morgan fingerprint density at radius 1 is 1.27 bits per heavy atom. The minimum absolute atomic E-state index is 0.00560. The number of carbonyl (C=O) groups excluding carboxylic acids is 1. The van der Waals surface area contributed by atoms with E-state index in [9.17, 15) is 14.4 Å². The predicted octanol–water partition coefficient (Wildman–Crippen LogP) is 2.68. The monoisotopic (exact) mass is 416 g/mol. The Morgan fingerprint density at radius 2 is 1.97 bits per heavy atom. The fourth-order valence-electron chi connectivity index (χ4n) is 3.20. The third-order valence-corrected chi connectivity index (χ3v) is 4.68. The molecule has 0 fully saturated rings. The van der Waals surface area contributed by atoms with Gasteiger partial charge in [-0.25, -0.2) is 4.79 Å². The number of nitrogens with zero attached hydrogens (tertiary/aromatic N) is 2. The minimum Gasteiger partial charge on any atom is -0.481 e. The molecule has 0 aliphatic carbocycles. The first-order chi connectivity index (χ1) is 14.1. The van der Waals surface area contributed by atoms with Gasteiger partial charge in [0.1, 0.15) is 11.6 Å². The Bertz CT molecular complexity index is 993. The van der Waals surface area contributed by atoms with Crippen molar-refractivity contribution in [3.8, 4) is 5.75 Å². The van der Waals surface area contributed by atoms with Gasteiger partial charge >= 0.3 is 5.69 Å². The number of anilines is 2. The number of rotatable bonds is 9. The number of aryl methyl sites for hydroxylation is 1. The average molecular weight is 417 g/mol. The van der Waals surface area contributed by atoms with Gasteiger partial charge < -0.3 is 15.4 Å². The Morgan fingerprint density at radius 3 is 2.57 bits per heavy atom. The summed E-state index contributed by atoms with van der Waals surface area (Å²) in [4.78, 5) is 41.8. The van der Waals surface area contributed by atoms with Gasteiger partial charge in [-0.15, -0.1) is 0 Å². The quantitative estimate of drug-likeness (QED) is 0.653. The fourth-order valence-corrected chi connectivity index (χ4v) is 3.20. The highest BCUT2D eigenvalue weighted by molar-refractivity contribution is 5.98. The van der Waals surface area contributed by atoms with Crippen LogP contribution in [0.2, 0.25) is 0 Å². The van der Waals surface area contributed by atoms with Crippen LogP contribution in [0.15, 0.2) is 33.9 Å². The van der Waals surface area contributed by atoms with Gasteiger partial charge in [-0.3, -0.25) is 19.1 Å². The van der Waals surface area contributed by atoms with Crippen molar-refractivity contribution in [3.05, 3.63) is 50.7 Å². The number of nitrogens with one attached hydrogen (secondary N) is 1. The lowest BCUT2D eigenvalue weighted by molar-refractivity contribution is -0.124. The van der Waals surface area contributed by atoms with E-state index in [2.05, 4.69) is 4.98 Å². The van der Waals surface area contributed by atoms with E-state index in [0.29, 0.717) is 12.3 Å². The molecule has 0 saturated heterocycles. The van der Waals surface area contributed by atoms with E-state index in [4.69, 9.17) is 10.5 Å². The second kappa shape index (κ2) is 10.1. The van der Waals surface area contributed by atoms with Crippen molar-refractivity contribution in [2.75, 3.05) is 17.2 Å². The number of nitrogens with two attached hydrogens (primary N) is 1. The molecule has 1 amide bonds. The number of aromatic nitrogens is 2. The van der Waals surface area contributed by atoms with Crippen LogP contribution in [-0.4, -0.2) is 28.1 Å². The van der Waals surface area contributed by atoms with Crippen LogP contribution in [0.5, 0.6) is 5.75 Å². The van der Waals surface area contributed by atoms with Crippen LogP contribution in [0.25, 0.3) is 0 Å². The highest BCUT2D eigenvalue weighted by Gasteiger charge is 2.29. The zero-order valence-corrected chi connectivity index (χ0v) is 18.4. The highest BCUT2D eigenvalue weighted by Crippen LogP contribution is 2.21. The van der Waals surface area contributed by atoms with Crippen molar-refractivity contribution in [2.24, 2.45) is 5.92 Å². The first kappa shape index (κ1) is 23.3. The lowest BCUT2D eigenvalue weighted by atomic mass is 10.1. The lowest BCUT2D eigenvalue weighted by Crippen LogP contribution is -2.47. The number of unbranched alkanes of at least 4 members (excludes halogenated alkanes) is 1. The zero-order chi connectivity index (χ0) is 22.4. The van der Waals surface area contributed by atoms with Crippen LogP contribution < -0.4 is 26.6 Å². The Hall–Kier alpha value is -3.03. The number of ether oxygens (including phenoxy) is 1. The first-order valence-corrected chi connectivity index (χ1v) is 10.3. The number of H-pyrrole nitrogens is 1. The van der Waals surface area contributed by atoms with E-state index in [1.54, 1.807) is 13.0 Å². The summed E-state index contributed by atoms with van der Waals surface area (Å²) in [6.07, 6.45) is 0.733. The van der Waals surface area contributed by atoms with Crippen LogP contribution >= 0.6 is 0 Å². The van der Waals surface area contributed by atoms with Gasteiger partial charge in [0, 0.05) is 13.1 Å². The maximum absolute atomic E-state index is 13.3. The van der Waals surface area contributed by atoms with Crippen LogP contribution in [-0.2, 0) is 11.3 Å². The fraction of sp³-hybridized carbons (Fsp3) is 0.500. The minimum atomic E-state index is -0.847. The molecule has 30 heavy (non-hydrogen) atoms. The highest BCUT2D eigenvalue weighted by atomic mass is 16.5. The molecule has 8 heteroatoms. The maximum Gasteiger partial charge on any atom is 0.330 e. The summed E-state index contributed by atoms with van der Waals surface area (Å²) >= 11 is 0. The summed E-state index contributed by atoms with van der Waals surface area (Å²) in [6, 6.07) is 7.39. The lowest BCUT2D eigenvalue weighted by Gasteiger charge is -2.28. The summed E-state index contributed by atoms with van der Waals surface area (Å²) in [5.74, 6) is 0.224. The van der Waals surface area contributed by atoms with Crippen LogP contribution in [0.3, 0.4) is 0 Å². The number of amides is 1. The van der Waals surface area contributed by atoms with Crippen molar-refractivity contribution in [3.63, 3.8) is 0 Å². The van der Waals surface area contributed by atoms with Gasteiger partial charge in [-0.05, 0) is 43.9 Å². The van der Waals surface area contributed by atoms with Crippen molar-refractivity contribution >= 4 is 17.4 Å². The van der Waals surface area contributed by atoms with E-state index >= 15 is 0 Å².